The monoisotopic (exact) mass is 496 g/mol. The molecule has 1 aliphatic rings. The summed E-state index contributed by atoms with van der Waals surface area (Å²) >= 11 is 1.33. The van der Waals surface area contributed by atoms with E-state index in [1.165, 1.54) is 17.8 Å². The van der Waals surface area contributed by atoms with Gasteiger partial charge in [-0.3, -0.25) is 9.52 Å². The van der Waals surface area contributed by atoms with E-state index in [2.05, 4.69) is 20.0 Å². The third-order valence-electron chi connectivity index (χ3n) is 4.93. The number of likely N-dealkylation sites (N-methyl/N-ethyl adjacent to an activating group) is 1. The maximum Gasteiger partial charge on any atom is 0.303 e. The third-order valence-corrected chi connectivity index (χ3v) is 7.37. The van der Waals surface area contributed by atoms with Crippen LogP contribution in [0.5, 0.6) is 0 Å². The molecule has 2 aromatic rings. The lowest BCUT2D eigenvalue weighted by Gasteiger charge is -2.25. The van der Waals surface area contributed by atoms with Crippen LogP contribution < -0.4 is 10.0 Å². The Hall–Kier alpha value is -2.41. The molecule has 0 radical (unpaired) electrons. The number of carbonyl (C=O) groups excluding carboxylic acids is 1. The fraction of sp³-hybridized carbons (Fsp3) is 0.476. The fourth-order valence-corrected chi connectivity index (χ4v) is 5.51. The topological polar surface area (TPSA) is 128 Å². The van der Waals surface area contributed by atoms with E-state index in [4.69, 9.17) is 2.74 Å². The standard InChI is InChI=1S/C21H30N6O4S2/c1-15(13-28)22-18-12-19(24-21(23-18)32-14-16-8-5-4-6-9-16)25-33(30,31)27-11-7-10-17(27)20(29)26(2)3/h4-6,8-9,12,15,17,28H,7,10-11,13-14H2,1-3H3,(H2,22,23,24,25)/t15-,17+/m1/s1/i2D,3D. The van der Waals surface area contributed by atoms with Gasteiger partial charge in [-0.15, -0.1) is 0 Å². The van der Waals surface area contributed by atoms with E-state index < -0.39 is 36.2 Å². The van der Waals surface area contributed by atoms with Crippen molar-refractivity contribution in [2.24, 2.45) is 0 Å². The molecular weight excluding hydrogens is 464 g/mol. The minimum absolute atomic E-state index is 0.0270. The first-order valence-corrected chi connectivity index (χ1v) is 12.8. The van der Waals surface area contributed by atoms with E-state index in [-0.39, 0.29) is 25.0 Å². The average molecular weight is 497 g/mol. The molecular formula is C21H30N6O4S2. The number of nitrogens with zero attached hydrogens (tertiary/aromatic N) is 4. The molecule has 1 saturated heterocycles. The highest BCUT2D eigenvalue weighted by atomic mass is 32.2. The molecule has 0 saturated carbocycles. The van der Waals surface area contributed by atoms with Gasteiger partial charge in [0.05, 0.1) is 6.61 Å². The highest BCUT2D eigenvalue weighted by Gasteiger charge is 2.39. The summed E-state index contributed by atoms with van der Waals surface area (Å²) in [5, 5.41) is 12.7. The molecule has 3 N–H and O–H groups in total. The summed E-state index contributed by atoms with van der Waals surface area (Å²) in [6.45, 7) is 1.76. The molecule has 12 heteroatoms. The SMILES string of the molecule is [2H]CN(C[2H])C(=O)[C@@H]1CCCN1S(=O)(=O)Nc1cc(N[C@H](C)CO)nc(SCc2ccccc2)n1. The molecule has 3 rings (SSSR count). The Morgan fingerprint density at radius 2 is 2.06 bits per heavy atom. The molecule has 10 nitrogen and oxygen atoms in total. The van der Waals surface area contributed by atoms with Crippen LogP contribution in [0.25, 0.3) is 0 Å². The van der Waals surface area contributed by atoms with Crippen LogP contribution in [0.3, 0.4) is 0 Å². The predicted molar refractivity (Wildman–Crippen MR) is 129 cm³/mol. The van der Waals surface area contributed by atoms with Gasteiger partial charge in [-0.25, -0.2) is 9.97 Å². The van der Waals surface area contributed by atoms with Gasteiger partial charge in [0, 0.05) is 41.2 Å². The number of thioether (sulfide) groups is 1. The lowest BCUT2D eigenvalue weighted by atomic mass is 10.2. The number of aliphatic hydroxyl groups is 1. The number of nitrogens with one attached hydrogen (secondary N) is 2. The first kappa shape index (κ1) is 22.4. The normalized spacial score (nSPS) is 18.3. The fourth-order valence-electron chi connectivity index (χ4n) is 3.31. The van der Waals surface area contributed by atoms with Crippen LogP contribution in [0.1, 0.15) is 28.1 Å². The van der Waals surface area contributed by atoms with Gasteiger partial charge in [-0.2, -0.15) is 12.7 Å². The van der Waals surface area contributed by atoms with Crippen molar-refractivity contribution in [3.63, 3.8) is 0 Å². The second-order valence-electron chi connectivity index (χ2n) is 7.68. The summed E-state index contributed by atoms with van der Waals surface area (Å²) in [6, 6.07) is 9.85. The molecule has 180 valence electrons. The van der Waals surface area contributed by atoms with Crippen LogP contribution in [0.2, 0.25) is 0 Å². The number of benzene rings is 1. The molecule has 1 aliphatic heterocycles. The minimum Gasteiger partial charge on any atom is -0.394 e. The smallest absolute Gasteiger partial charge is 0.303 e. The molecule has 1 aromatic heterocycles. The Bertz CT molecular complexity index is 1090. The Balaban J connectivity index is 1.83. The number of anilines is 2. The molecule has 0 aliphatic carbocycles. The molecule has 0 spiro atoms. The van der Waals surface area contributed by atoms with E-state index in [9.17, 15) is 18.3 Å². The summed E-state index contributed by atoms with van der Waals surface area (Å²) < 4.78 is 44.8. The zero-order valence-corrected chi connectivity index (χ0v) is 20.0. The van der Waals surface area contributed by atoms with Gasteiger partial charge in [0.2, 0.25) is 5.91 Å². The van der Waals surface area contributed by atoms with Crippen molar-refractivity contribution < 1.29 is 21.1 Å². The van der Waals surface area contributed by atoms with Gasteiger partial charge in [0.15, 0.2) is 5.16 Å². The van der Waals surface area contributed by atoms with Gasteiger partial charge < -0.3 is 15.3 Å². The number of amides is 1. The largest absolute Gasteiger partial charge is 0.394 e. The van der Waals surface area contributed by atoms with E-state index in [1.54, 1.807) is 6.92 Å². The Morgan fingerprint density at radius 3 is 2.76 bits per heavy atom. The van der Waals surface area contributed by atoms with Gasteiger partial charge in [0.1, 0.15) is 17.7 Å². The number of carbonyl (C=O) groups is 1. The quantitative estimate of drug-likeness (QED) is 0.335. The van der Waals surface area contributed by atoms with Crippen molar-refractivity contribution in [1.29, 1.82) is 0 Å². The zero-order chi connectivity index (χ0) is 25.4. The van der Waals surface area contributed by atoms with Crippen LogP contribution in [-0.4, -0.2) is 77.9 Å². The second-order valence-corrected chi connectivity index (χ2v) is 10.2. The van der Waals surface area contributed by atoms with Crippen LogP contribution in [0.4, 0.5) is 11.6 Å². The highest BCUT2D eigenvalue weighted by molar-refractivity contribution is 7.98. The molecule has 1 amide bonds. The molecule has 2 heterocycles. The summed E-state index contributed by atoms with van der Waals surface area (Å²) in [6.07, 6.45) is 0.808. The van der Waals surface area contributed by atoms with Crippen molar-refractivity contribution in [3.8, 4) is 0 Å². The molecule has 33 heavy (non-hydrogen) atoms. The summed E-state index contributed by atoms with van der Waals surface area (Å²) in [5.74, 6) is 0.390. The molecule has 1 aromatic carbocycles. The molecule has 0 unspecified atom stereocenters. The van der Waals surface area contributed by atoms with Crippen molar-refractivity contribution in [3.05, 3.63) is 42.0 Å². The first-order valence-electron chi connectivity index (χ1n) is 11.8. The van der Waals surface area contributed by atoms with Crippen LogP contribution in [0.15, 0.2) is 41.6 Å². The van der Waals surface area contributed by atoms with Gasteiger partial charge in [0.25, 0.3) is 0 Å². The Kier molecular flexibility index (Phi) is 7.56. The minimum atomic E-state index is -4.16. The van der Waals surface area contributed by atoms with E-state index >= 15 is 0 Å². The average Bonchev–Trinajstić information content (AvgIpc) is 3.35. The number of aliphatic hydroxyl groups excluding tert-OH is 1. The lowest BCUT2D eigenvalue weighted by molar-refractivity contribution is -0.132. The predicted octanol–water partition coefficient (Wildman–Crippen LogP) is 1.77. The summed E-state index contributed by atoms with van der Waals surface area (Å²) in [5.41, 5.74) is 1.05. The molecule has 0 bridgehead atoms. The van der Waals surface area contributed by atoms with Crippen molar-refractivity contribution in [1.82, 2.24) is 19.2 Å². The third kappa shape index (κ3) is 6.79. The number of rotatable bonds is 10. The Labute approximate surface area is 201 Å². The first-order chi connectivity index (χ1) is 16.8. The van der Waals surface area contributed by atoms with Gasteiger partial charge in [-0.05, 0) is 25.3 Å². The molecule has 2 atom stereocenters. The zero-order valence-electron chi connectivity index (χ0n) is 20.3. The Morgan fingerprint density at radius 1 is 1.33 bits per heavy atom. The van der Waals surface area contributed by atoms with Gasteiger partial charge >= 0.3 is 10.2 Å². The van der Waals surface area contributed by atoms with Crippen molar-refractivity contribution >= 4 is 39.5 Å². The number of aromatic nitrogens is 2. The van der Waals surface area contributed by atoms with Crippen LogP contribution >= 0.6 is 11.8 Å². The van der Waals surface area contributed by atoms with Crippen molar-refractivity contribution in [2.45, 2.75) is 42.8 Å². The number of hydrogen-bond donors (Lipinski definition) is 3. The van der Waals surface area contributed by atoms with E-state index in [1.807, 2.05) is 30.3 Å². The number of hydrogen-bond acceptors (Lipinski definition) is 8. The highest BCUT2D eigenvalue weighted by Crippen LogP contribution is 2.26. The second kappa shape index (κ2) is 11.1. The lowest BCUT2D eigenvalue weighted by Crippen LogP contribution is -2.47. The van der Waals surface area contributed by atoms with E-state index in [0.717, 1.165) is 14.8 Å². The van der Waals surface area contributed by atoms with Crippen molar-refractivity contribution in [2.75, 3.05) is 37.2 Å². The maximum absolute atomic E-state index is 13.2. The van der Waals surface area contributed by atoms with E-state index in [0.29, 0.717) is 29.6 Å². The maximum atomic E-state index is 13.2. The summed E-state index contributed by atoms with van der Waals surface area (Å²) in [4.78, 5) is 22.5. The molecule has 1 fully saturated rings. The van der Waals surface area contributed by atoms with Gasteiger partial charge in [-0.1, -0.05) is 42.1 Å². The summed E-state index contributed by atoms with van der Waals surface area (Å²) in [7, 11) is -4.98. The van der Waals surface area contributed by atoms with Crippen LogP contribution in [-0.2, 0) is 20.8 Å². The van der Waals surface area contributed by atoms with Crippen LogP contribution in [0, 0.1) is 0 Å².